The number of carbonyl (C=O) groups excluding carboxylic acids is 2. The SMILES string of the molecule is CCC(CC(C=O)[N+](=O)[O-])OC(=O)c1ccccc1. The number of rotatable bonds is 7. The first-order chi connectivity index (χ1) is 9.08. The molecule has 19 heavy (non-hydrogen) atoms. The van der Waals surface area contributed by atoms with Gasteiger partial charge in [-0.3, -0.25) is 14.9 Å². The van der Waals surface area contributed by atoms with E-state index >= 15 is 0 Å². The van der Waals surface area contributed by atoms with Crippen molar-refractivity contribution in [2.75, 3.05) is 0 Å². The van der Waals surface area contributed by atoms with Gasteiger partial charge in [-0.25, -0.2) is 4.79 Å². The number of carbonyl (C=O) groups is 2. The Morgan fingerprint density at radius 3 is 2.53 bits per heavy atom. The van der Waals surface area contributed by atoms with Crippen LogP contribution in [0.4, 0.5) is 0 Å². The molecule has 2 unspecified atom stereocenters. The van der Waals surface area contributed by atoms with Crippen LogP contribution in [0.3, 0.4) is 0 Å². The Morgan fingerprint density at radius 1 is 1.42 bits per heavy atom. The van der Waals surface area contributed by atoms with E-state index in [1.165, 1.54) is 0 Å². The standard InChI is InChI=1S/C13H15NO5/c1-2-12(8-11(9-15)14(17)18)19-13(16)10-6-4-3-5-7-10/h3-7,9,11-12H,2,8H2,1H3. The molecule has 1 aromatic rings. The van der Waals surface area contributed by atoms with E-state index in [1.54, 1.807) is 37.3 Å². The molecule has 6 heteroatoms. The van der Waals surface area contributed by atoms with Gasteiger partial charge in [-0.15, -0.1) is 0 Å². The highest BCUT2D eigenvalue weighted by molar-refractivity contribution is 5.89. The molecule has 0 spiro atoms. The molecule has 0 aliphatic heterocycles. The monoisotopic (exact) mass is 265 g/mol. The van der Waals surface area contributed by atoms with Crippen molar-refractivity contribution in [2.24, 2.45) is 0 Å². The molecule has 0 bridgehead atoms. The van der Waals surface area contributed by atoms with Crippen LogP contribution in [-0.4, -0.2) is 29.3 Å². The van der Waals surface area contributed by atoms with Crippen LogP contribution in [0.1, 0.15) is 30.1 Å². The number of esters is 1. The maximum atomic E-state index is 11.8. The van der Waals surface area contributed by atoms with Gasteiger partial charge in [0.1, 0.15) is 6.10 Å². The van der Waals surface area contributed by atoms with E-state index in [0.29, 0.717) is 12.0 Å². The average Bonchev–Trinajstić information content (AvgIpc) is 2.43. The second-order valence-corrected chi connectivity index (χ2v) is 4.03. The van der Waals surface area contributed by atoms with Gasteiger partial charge < -0.3 is 4.74 Å². The van der Waals surface area contributed by atoms with Gasteiger partial charge in [0, 0.05) is 4.92 Å². The molecular formula is C13H15NO5. The molecule has 0 fully saturated rings. The van der Waals surface area contributed by atoms with Gasteiger partial charge in [0.2, 0.25) is 0 Å². The first-order valence-electron chi connectivity index (χ1n) is 5.93. The molecule has 2 atom stereocenters. The fourth-order valence-corrected chi connectivity index (χ4v) is 1.55. The molecule has 0 heterocycles. The number of hydrogen-bond donors (Lipinski definition) is 0. The lowest BCUT2D eigenvalue weighted by Gasteiger charge is -2.16. The smallest absolute Gasteiger partial charge is 0.338 e. The zero-order chi connectivity index (χ0) is 14.3. The highest BCUT2D eigenvalue weighted by atomic mass is 16.6. The maximum Gasteiger partial charge on any atom is 0.338 e. The number of hydrogen-bond acceptors (Lipinski definition) is 5. The van der Waals surface area contributed by atoms with Gasteiger partial charge in [0.25, 0.3) is 6.04 Å². The second kappa shape index (κ2) is 7.25. The number of benzene rings is 1. The zero-order valence-corrected chi connectivity index (χ0v) is 10.5. The van der Waals surface area contributed by atoms with Gasteiger partial charge in [-0.1, -0.05) is 25.1 Å². The summed E-state index contributed by atoms with van der Waals surface area (Å²) in [4.78, 5) is 32.2. The zero-order valence-electron chi connectivity index (χ0n) is 10.5. The predicted molar refractivity (Wildman–Crippen MR) is 67.4 cm³/mol. The summed E-state index contributed by atoms with van der Waals surface area (Å²) < 4.78 is 5.17. The molecule has 0 N–H and O–H groups in total. The maximum absolute atomic E-state index is 11.8. The molecule has 0 aliphatic rings. The summed E-state index contributed by atoms with van der Waals surface area (Å²) in [5.41, 5.74) is 0.379. The molecule has 1 rings (SSSR count). The Kier molecular flexibility index (Phi) is 5.66. The minimum atomic E-state index is -1.34. The van der Waals surface area contributed by atoms with Crippen LogP contribution in [0, 0.1) is 10.1 Å². The van der Waals surface area contributed by atoms with Crippen LogP contribution < -0.4 is 0 Å². The van der Waals surface area contributed by atoms with E-state index in [9.17, 15) is 19.7 Å². The summed E-state index contributed by atoms with van der Waals surface area (Å²) in [6.45, 7) is 1.74. The topological polar surface area (TPSA) is 86.5 Å². The van der Waals surface area contributed by atoms with Crippen LogP contribution in [0.15, 0.2) is 30.3 Å². The summed E-state index contributed by atoms with van der Waals surface area (Å²) in [5.74, 6) is -0.541. The van der Waals surface area contributed by atoms with Gasteiger partial charge >= 0.3 is 5.97 Å². The Balaban J connectivity index is 2.64. The summed E-state index contributed by atoms with van der Waals surface area (Å²) in [6, 6.07) is 7.02. The Morgan fingerprint density at radius 2 is 2.05 bits per heavy atom. The predicted octanol–water partition coefficient (Wildman–Crippen LogP) is 1.86. The highest BCUT2D eigenvalue weighted by Crippen LogP contribution is 2.12. The van der Waals surface area contributed by atoms with E-state index < -0.39 is 23.0 Å². The summed E-state index contributed by atoms with van der Waals surface area (Å²) in [5, 5.41) is 10.6. The summed E-state index contributed by atoms with van der Waals surface area (Å²) in [6.07, 6.45) is -0.0743. The molecular weight excluding hydrogens is 250 g/mol. The number of aldehydes is 1. The van der Waals surface area contributed by atoms with Crippen molar-refractivity contribution < 1.29 is 19.2 Å². The number of nitrogens with zero attached hydrogens (tertiary/aromatic N) is 1. The van der Waals surface area contributed by atoms with Crippen molar-refractivity contribution in [3.05, 3.63) is 46.0 Å². The van der Waals surface area contributed by atoms with Gasteiger partial charge in [-0.2, -0.15) is 0 Å². The van der Waals surface area contributed by atoms with E-state index in [-0.39, 0.29) is 12.7 Å². The Hall–Kier alpha value is -2.24. The van der Waals surface area contributed by atoms with Crippen LogP contribution in [0.5, 0.6) is 0 Å². The van der Waals surface area contributed by atoms with Gasteiger partial charge in [0.15, 0.2) is 6.29 Å². The molecule has 1 aromatic carbocycles. The van der Waals surface area contributed by atoms with Crippen molar-refractivity contribution in [1.29, 1.82) is 0 Å². The minimum Gasteiger partial charge on any atom is -0.458 e. The Bertz CT molecular complexity index is 446. The molecule has 0 aliphatic carbocycles. The fraction of sp³-hybridized carbons (Fsp3) is 0.385. The van der Waals surface area contributed by atoms with Crippen molar-refractivity contribution in [3.63, 3.8) is 0 Å². The minimum absolute atomic E-state index is 0.106. The third-order valence-corrected chi connectivity index (χ3v) is 2.67. The van der Waals surface area contributed by atoms with E-state index in [2.05, 4.69) is 0 Å². The molecule has 0 aromatic heterocycles. The lowest BCUT2D eigenvalue weighted by molar-refractivity contribution is -0.507. The molecule has 0 amide bonds. The second-order valence-electron chi connectivity index (χ2n) is 4.03. The van der Waals surface area contributed by atoms with Crippen molar-refractivity contribution in [2.45, 2.75) is 31.9 Å². The molecule has 6 nitrogen and oxygen atoms in total. The number of nitro groups is 1. The van der Waals surface area contributed by atoms with Crippen molar-refractivity contribution in [1.82, 2.24) is 0 Å². The fourth-order valence-electron chi connectivity index (χ4n) is 1.55. The first kappa shape index (κ1) is 14.8. The first-order valence-corrected chi connectivity index (χ1v) is 5.93. The van der Waals surface area contributed by atoms with E-state index in [0.717, 1.165) is 0 Å². The normalized spacial score (nSPS) is 13.3. The van der Waals surface area contributed by atoms with E-state index in [1.807, 2.05) is 0 Å². The van der Waals surface area contributed by atoms with Crippen LogP contribution >= 0.6 is 0 Å². The van der Waals surface area contributed by atoms with Crippen molar-refractivity contribution >= 4 is 12.3 Å². The quantitative estimate of drug-likeness (QED) is 0.325. The highest BCUT2D eigenvalue weighted by Gasteiger charge is 2.26. The summed E-state index contributed by atoms with van der Waals surface area (Å²) >= 11 is 0. The third kappa shape index (κ3) is 4.50. The largest absolute Gasteiger partial charge is 0.458 e. The Labute approximate surface area is 110 Å². The third-order valence-electron chi connectivity index (χ3n) is 2.67. The lowest BCUT2D eigenvalue weighted by atomic mass is 10.1. The van der Waals surface area contributed by atoms with E-state index in [4.69, 9.17) is 4.74 Å². The van der Waals surface area contributed by atoms with Crippen LogP contribution in [0.2, 0.25) is 0 Å². The number of ether oxygens (including phenoxy) is 1. The van der Waals surface area contributed by atoms with Crippen LogP contribution in [-0.2, 0) is 9.53 Å². The molecule has 0 saturated heterocycles. The average molecular weight is 265 g/mol. The lowest BCUT2D eigenvalue weighted by Crippen LogP contribution is -2.29. The molecule has 0 radical (unpaired) electrons. The van der Waals surface area contributed by atoms with Gasteiger partial charge in [0.05, 0.1) is 12.0 Å². The van der Waals surface area contributed by atoms with Crippen molar-refractivity contribution in [3.8, 4) is 0 Å². The van der Waals surface area contributed by atoms with Gasteiger partial charge in [-0.05, 0) is 18.6 Å². The summed E-state index contributed by atoms with van der Waals surface area (Å²) in [7, 11) is 0. The molecule has 0 saturated carbocycles. The van der Waals surface area contributed by atoms with Crippen LogP contribution in [0.25, 0.3) is 0 Å². The molecule has 102 valence electrons.